The summed E-state index contributed by atoms with van der Waals surface area (Å²) in [6.07, 6.45) is 1.68. The Hall–Kier alpha value is -3.79. The monoisotopic (exact) mass is 476 g/mol. The fraction of sp³-hybridized carbons (Fsp3) is 0.250. The normalized spacial score (nSPS) is 13.3. The summed E-state index contributed by atoms with van der Waals surface area (Å²) in [5, 5.41) is 16.3. The molecule has 34 heavy (non-hydrogen) atoms. The van der Waals surface area contributed by atoms with Crippen LogP contribution >= 0.6 is 11.8 Å². The zero-order valence-electron chi connectivity index (χ0n) is 19.0. The van der Waals surface area contributed by atoms with E-state index in [-0.39, 0.29) is 18.7 Å². The summed E-state index contributed by atoms with van der Waals surface area (Å²) >= 11 is 1.34. The van der Waals surface area contributed by atoms with Crippen molar-refractivity contribution in [2.75, 3.05) is 12.1 Å². The molecule has 3 heterocycles. The molecule has 174 valence electrons. The molecule has 10 heteroatoms. The number of thioether (sulfide) groups is 1. The van der Waals surface area contributed by atoms with Gasteiger partial charge in [-0.05, 0) is 51.1 Å². The number of hydrogen-bond donors (Lipinski definition) is 1. The molecule has 2 aromatic heterocycles. The molecule has 0 saturated carbocycles. The van der Waals surface area contributed by atoms with Gasteiger partial charge in [0.15, 0.2) is 22.5 Å². The first-order valence-corrected chi connectivity index (χ1v) is 11.8. The smallest absolute Gasteiger partial charge is 0.238 e. The third kappa shape index (κ3) is 4.24. The Labute approximate surface area is 201 Å². The minimum absolute atomic E-state index is 0.138. The molecular weight excluding hydrogens is 452 g/mol. The molecule has 0 unspecified atom stereocenters. The standard InChI is InChI=1S/C24H24N6O3S/c1-15(2)30-21(11-12-25-30)26-23(31)16(3)34-24-28-27-22(29(24)18-7-5-4-6-8-18)17-9-10-19-20(13-17)33-14-32-19/h4-13,15-16H,14H2,1-3H3,(H,26,31)/t16-/m0/s1. The zero-order chi connectivity index (χ0) is 23.7. The van der Waals surface area contributed by atoms with Gasteiger partial charge < -0.3 is 14.8 Å². The summed E-state index contributed by atoms with van der Waals surface area (Å²) in [6.45, 7) is 6.08. The van der Waals surface area contributed by atoms with E-state index in [1.54, 1.807) is 16.9 Å². The maximum absolute atomic E-state index is 13.0. The van der Waals surface area contributed by atoms with Crippen LogP contribution in [-0.2, 0) is 4.79 Å². The number of ether oxygens (including phenoxy) is 2. The van der Waals surface area contributed by atoms with E-state index in [0.29, 0.717) is 28.3 Å². The highest BCUT2D eigenvalue weighted by Gasteiger charge is 2.24. The molecule has 0 fully saturated rings. The fourth-order valence-electron chi connectivity index (χ4n) is 3.64. The summed E-state index contributed by atoms with van der Waals surface area (Å²) in [5.41, 5.74) is 1.73. The van der Waals surface area contributed by atoms with E-state index in [9.17, 15) is 4.79 Å². The lowest BCUT2D eigenvalue weighted by Gasteiger charge is -2.15. The number of nitrogens with one attached hydrogen (secondary N) is 1. The highest BCUT2D eigenvalue weighted by atomic mass is 32.2. The Balaban J connectivity index is 1.45. The predicted octanol–water partition coefficient (Wildman–Crippen LogP) is 4.56. The average molecular weight is 477 g/mol. The molecule has 1 aliphatic heterocycles. The fourth-order valence-corrected chi connectivity index (χ4v) is 4.51. The number of carbonyl (C=O) groups is 1. The molecule has 1 amide bonds. The second kappa shape index (κ2) is 9.22. The van der Waals surface area contributed by atoms with E-state index in [0.717, 1.165) is 11.3 Å². The third-order valence-corrected chi connectivity index (χ3v) is 6.38. The molecule has 1 atom stereocenters. The lowest BCUT2D eigenvalue weighted by Crippen LogP contribution is -2.25. The van der Waals surface area contributed by atoms with Gasteiger partial charge >= 0.3 is 0 Å². The van der Waals surface area contributed by atoms with Gasteiger partial charge in [0.2, 0.25) is 12.7 Å². The van der Waals surface area contributed by atoms with Crippen molar-refractivity contribution in [3.8, 4) is 28.6 Å². The van der Waals surface area contributed by atoms with E-state index in [2.05, 4.69) is 20.6 Å². The third-order valence-electron chi connectivity index (χ3n) is 5.34. The van der Waals surface area contributed by atoms with Crippen LogP contribution in [0.4, 0.5) is 5.82 Å². The van der Waals surface area contributed by atoms with Gasteiger partial charge in [-0.2, -0.15) is 5.10 Å². The molecule has 0 saturated heterocycles. The maximum atomic E-state index is 13.0. The molecule has 1 aliphatic rings. The van der Waals surface area contributed by atoms with Crippen LogP contribution in [0.2, 0.25) is 0 Å². The summed E-state index contributed by atoms with van der Waals surface area (Å²) in [5.74, 6) is 2.55. The van der Waals surface area contributed by atoms with Crippen molar-refractivity contribution in [1.29, 1.82) is 0 Å². The zero-order valence-corrected chi connectivity index (χ0v) is 19.8. The van der Waals surface area contributed by atoms with Crippen molar-refractivity contribution >= 4 is 23.5 Å². The number of nitrogens with zero attached hydrogens (tertiary/aromatic N) is 5. The predicted molar refractivity (Wildman–Crippen MR) is 129 cm³/mol. The summed E-state index contributed by atoms with van der Waals surface area (Å²) in [6, 6.07) is 17.4. The largest absolute Gasteiger partial charge is 0.454 e. The Morgan fingerprint density at radius 2 is 1.82 bits per heavy atom. The van der Waals surface area contributed by atoms with Crippen molar-refractivity contribution in [3.63, 3.8) is 0 Å². The molecule has 0 spiro atoms. The van der Waals surface area contributed by atoms with E-state index >= 15 is 0 Å². The molecule has 5 rings (SSSR count). The molecule has 2 aromatic carbocycles. The average Bonchev–Trinajstić information content (AvgIpc) is 3.58. The molecule has 1 N–H and O–H groups in total. The lowest BCUT2D eigenvalue weighted by molar-refractivity contribution is -0.115. The van der Waals surface area contributed by atoms with Gasteiger partial charge in [0.25, 0.3) is 0 Å². The number of benzene rings is 2. The van der Waals surface area contributed by atoms with Crippen LogP contribution in [0.25, 0.3) is 17.1 Å². The van der Waals surface area contributed by atoms with E-state index in [1.807, 2.05) is 73.9 Å². The van der Waals surface area contributed by atoms with Crippen molar-refractivity contribution in [2.24, 2.45) is 0 Å². The number of fused-ring (bicyclic) bond motifs is 1. The second-order valence-corrected chi connectivity index (χ2v) is 9.36. The van der Waals surface area contributed by atoms with Gasteiger partial charge in [0, 0.05) is 23.4 Å². The highest BCUT2D eigenvalue weighted by molar-refractivity contribution is 8.00. The van der Waals surface area contributed by atoms with Crippen molar-refractivity contribution < 1.29 is 14.3 Å². The summed E-state index contributed by atoms with van der Waals surface area (Å²) in [4.78, 5) is 13.0. The number of hydrogen-bond acceptors (Lipinski definition) is 7. The van der Waals surface area contributed by atoms with Crippen molar-refractivity contribution in [1.82, 2.24) is 24.5 Å². The Morgan fingerprint density at radius 3 is 2.62 bits per heavy atom. The lowest BCUT2D eigenvalue weighted by atomic mass is 10.2. The second-order valence-electron chi connectivity index (χ2n) is 8.05. The molecular formula is C24H24N6O3S. The van der Waals surface area contributed by atoms with Crippen molar-refractivity contribution in [3.05, 3.63) is 60.8 Å². The van der Waals surface area contributed by atoms with Crippen LogP contribution in [0.5, 0.6) is 11.5 Å². The molecule has 0 aliphatic carbocycles. The van der Waals surface area contributed by atoms with E-state index < -0.39 is 5.25 Å². The minimum Gasteiger partial charge on any atom is -0.454 e. The summed E-state index contributed by atoms with van der Waals surface area (Å²) in [7, 11) is 0. The van der Waals surface area contributed by atoms with Crippen LogP contribution in [0.1, 0.15) is 26.8 Å². The molecule has 4 aromatic rings. The van der Waals surface area contributed by atoms with E-state index in [4.69, 9.17) is 9.47 Å². The highest BCUT2D eigenvalue weighted by Crippen LogP contribution is 2.37. The SMILES string of the molecule is CC(C)n1nccc1NC(=O)[C@H](C)Sc1nnc(-c2ccc3c(c2)OCO3)n1-c1ccccc1. The maximum Gasteiger partial charge on any atom is 0.238 e. The van der Waals surface area contributed by atoms with Crippen LogP contribution in [0.3, 0.4) is 0 Å². The van der Waals surface area contributed by atoms with Crippen LogP contribution in [0, 0.1) is 0 Å². The Bertz CT molecular complexity index is 1320. The number of amides is 1. The summed E-state index contributed by atoms with van der Waals surface area (Å²) < 4.78 is 14.7. The van der Waals surface area contributed by atoms with Gasteiger partial charge in [-0.1, -0.05) is 30.0 Å². The molecule has 0 bridgehead atoms. The number of carbonyl (C=O) groups excluding carboxylic acids is 1. The first kappa shape index (κ1) is 22.0. The molecule has 0 radical (unpaired) electrons. The van der Waals surface area contributed by atoms with Gasteiger partial charge in [-0.15, -0.1) is 10.2 Å². The first-order valence-electron chi connectivity index (χ1n) is 10.9. The number of aromatic nitrogens is 5. The van der Waals surface area contributed by atoms with Gasteiger partial charge in [0.05, 0.1) is 11.4 Å². The quantitative estimate of drug-likeness (QED) is 0.391. The van der Waals surface area contributed by atoms with Gasteiger partial charge in [0.1, 0.15) is 5.82 Å². The van der Waals surface area contributed by atoms with Gasteiger partial charge in [-0.3, -0.25) is 9.36 Å². The topological polar surface area (TPSA) is 96.1 Å². The molecule has 9 nitrogen and oxygen atoms in total. The van der Waals surface area contributed by atoms with E-state index in [1.165, 1.54) is 11.8 Å². The Morgan fingerprint density at radius 1 is 1.03 bits per heavy atom. The van der Waals surface area contributed by atoms with Crippen LogP contribution < -0.4 is 14.8 Å². The minimum atomic E-state index is -0.424. The van der Waals surface area contributed by atoms with Gasteiger partial charge in [-0.25, -0.2) is 4.68 Å². The van der Waals surface area contributed by atoms with Crippen molar-refractivity contribution in [2.45, 2.75) is 37.2 Å². The number of anilines is 1. The Kier molecular flexibility index (Phi) is 5.97. The first-order chi connectivity index (χ1) is 16.5. The number of rotatable bonds is 7. The van der Waals surface area contributed by atoms with Crippen LogP contribution in [-0.4, -0.2) is 42.5 Å². The van der Waals surface area contributed by atoms with Crippen LogP contribution in [0.15, 0.2) is 66.0 Å². The number of para-hydroxylation sites is 1.